The first-order valence-corrected chi connectivity index (χ1v) is 20.1. The Morgan fingerprint density at radius 1 is 0.893 bits per heavy atom. The molecule has 5 fully saturated rings. The number of carbonyl (C=O) groups is 4. The van der Waals surface area contributed by atoms with E-state index in [1.807, 2.05) is 36.7 Å². The number of imide groups is 2. The Morgan fingerprint density at radius 2 is 1.59 bits per heavy atom. The molecule has 1 spiro atoms. The molecule has 0 radical (unpaired) electrons. The van der Waals surface area contributed by atoms with Gasteiger partial charge in [0, 0.05) is 80.7 Å². The molecule has 2 atom stereocenters. The maximum atomic E-state index is 13.2. The van der Waals surface area contributed by atoms with Crippen LogP contribution in [0.15, 0.2) is 48.8 Å². The summed E-state index contributed by atoms with van der Waals surface area (Å²) in [7, 11) is 0. The van der Waals surface area contributed by atoms with Crippen LogP contribution in [0.25, 0.3) is 4.85 Å². The Bertz CT molecular complexity index is 2120. The molecule has 0 aliphatic carbocycles. The Morgan fingerprint density at radius 3 is 2.25 bits per heavy atom. The average molecular weight is 777 g/mol. The number of halogens is 1. The van der Waals surface area contributed by atoms with Crippen LogP contribution in [0.2, 0.25) is 5.02 Å². The summed E-state index contributed by atoms with van der Waals surface area (Å²) in [5.74, 6) is -0.127. The van der Waals surface area contributed by atoms with E-state index in [1.165, 1.54) is 0 Å². The van der Waals surface area contributed by atoms with Crippen molar-refractivity contribution in [1.82, 2.24) is 25.1 Å². The molecule has 15 heteroatoms. The van der Waals surface area contributed by atoms with Crippen LogP contribution >= 0.6 is 11.6 Å². The molecule has 6 aliphatic heterocycles. The van der Waals surface area contributed by atoms with Gasteiger partial charge in [0.1, 0.15) is 17.7 Å². The summed E-state index contributed by atoms with van der Waals surface area (Å²) in [6.45, 7) is 16.1. The molecule has 4 amide bonds. The van der Waals surface area contributed by atoms with E-state index >= 15 is 0 Å². The number of likely N-dealkylation sites (tertiary alicyclic amines) is 1. The van der Waals surface area contributed by atoms with E-state index in [1.54, 1.807) is 12.1 Å². The fourth-order valence-electron chi connectivity index (χ4n) is 9.80. The molecule has 2 N–H and O–H groups in total. The fraction of sp³-hybridized carbons (Fsp3) is 0.488. The lowest BCUT2D eigenvalue weighted by Crippen LogP contribution is -2.60. The van der Waals surface area contributed by atoms with E-state index in [0.29, 0.717) is 22.8 Å². The van der Waals surface area contributed by atoms with Crippen molar-refractivity contribution in [2.24, 2.45) is 5.41 Å². The van der Waals surface area contributed by atoms with Gasteiger partial charge in [0.15, 0.2) is 0 Å². The lowest BCUT2D eigenvalue weighted by molar-refractivity contribution is -0.136. The van der Waals surface area contributed by atoms with Crippen molar-refractivity contribution in [3.05, 3.63) is 76.4 Å². The number of benzene rings is 2. The molecular formula is C41H45ClN10O4. The van der Waals surface area contributed by atoms with Crippen LogP contribution in [0.5, 0.6) is 0 Å². The number of fused-ring (bicyclic) bond motifs is 1. The maximum Gasteiger partial charge on any atom is 0.262 e. The molecule has 7 heterocycles. The number of nitrogens with one attached hydrogen (secondary N) is 2. The molecule has 5 saturated heterocycles. The number of amides is 4. The number of anilines is 4. The van der Waals surface area contributed by atoms with Gasteiger partial charge in [0.2, 0.25) is 17.5 Å². The molecule has 56 heavy (non-hydrogen) atoms. The van der Waals surface area contributed by atoms with E-state index in [0.717, 1.165) is 106 Å². The highest BCUT2D eigenvalue weighted by molar-refractivity contribution is 6.33. The van der Waals surface area contributed by atoms with Crippen molar-refractivity contribution < 1.29 is 19.2 Å². The van der Waals surface area contributed by atoms with Gasteiger partial charge in [0.25, 0.3) is 11.8 Å². The van der Waals surface area contributed by atoms with Crippen LogP contribution in [-0.4, -0.2) is 113 Å². The second-order valence-electron chi connectivity index (χ2n) is 16.4. The minimum Gasteiger partial charge on any atom is -0.380 e. The van der Waals surface area contributed by atoms with Gasteiger partial charge in [-0.3, -0.25) is 34.3 Å². The molecule has 1 unspecified atom stereocenters. The summed E-state index contributed by atoms with van der Waals surface area (Å²) in [6, 6.07) is 11.1. The van der Waals surface area contributed by atoms with E-state index in [9.17, 15) is 19.2 Å². The first-order chi connectivity index (χ1) is 27.1. The smallest absolute Gasteiger partial charge is 0.262 e. The lowest BCUT2D eigenvalue weighted by atomic mass is 9.77. The van der Waals surface area contributed by atoms with Gasteiger partial charge in [-0.1, -0.05) is 17.7 Å². The number of nitrogens with zero attached hydrogens (tertiary/aromatic N) is 8. The maximum absolute atomic E-state index is 13.2. The van der Waals surface area contributed by atoms with E-state index in [-0.39, 0.29) is 35.4 Å². The first kappa shape index (κ1) is 36.4. The largest absolute Gasteiger partial charge is 0.380 e. The molecule has 0 saturated carbocycles. The number of hydrogen-bond donors (Lipinski definition) is 2. The summed E-state index contributed by atoms with van der Waals surface area (Å²) < 4.78 is 0. The molecular weight excluding hydrogens is 732 g/mol. The standard InChI is InChI=1S/C41H45ClN10O4/c1-25-19-41(24-51(25)29-4-6-33(43-2)32(42)18-29)11-15-49(16-12-41)36-21-44-35(20-45-36)48-13-9-28(10-14-48)50-22-27(23-50)46-26-3-5-30-31(17-26)40(56)52(39(30)55)34-7-8-37(53)47-38(34)54/h3-6,17-18,20-21,25,27-28,34,46H,7-16,19,22-24H2,1H3,(H,47,53,54)/t25-,34?/m0/s1. The van der Waals surface area contributed by atoms with Gasteiger partial charge in [0.05, 0.1) is 36.1 Å². The van der Waals surface area contributed by atoms with Gasteiger partial charge in [-0.15, -0.1) is 0 Å². The van der Waals surface area contributed by atoms with Crippen molar-refractivity contribution >= 4 is 63.9 Å². The predicted molar refractivity (Wildman–Crippen MR) is 212 cm³/mol. The highest BCUT2D eigenvalue weighted by atomic mass is 35.5. The first-order valence-electron chi connectivity index (χ1n) is 19.7. The molecule has 14 nitrogen and oxygen atoms in total. The summed E-state index contributed by atoms with van der Waals surface area (Å²) in [4.78, 5) is 74.2. The fourth-order valence-corrected chi connectivity index (χ4v) is 10.0. The predicted octanol–water partition coefficient (Wildman–Crippen LogP) is 4.73. The number of piperidine rings is 3. The molecule has 1 aromatic heterocycles. The van der Waals surface area contributed by atoms with Crippen LogP contribution in [-0.2, 0) is 9.59 Å². The topological polar surface area (TPSA) is 139 Å². The van der Waals surface area contributed by atoms with Gasteiger partial charge >= 0.3 is 0 Å². The molecule has 290 valence electrons. The quantitative estimate of drug-likeness (QED) is 0.255. The number of rotatable bonds is 7. The second kappa shape index (κ2) is 14.4. The molecule has 9 rings (SSSR count). The zero-order chi connectivity index (χ0) is 38.7. The van der Waals surface area contributed by atoms with Gasteiger partial charge < -0.3 is 20.0 Å². The summed E-state index contributed by atoms with van der Waals surface area (Å²) in [5, 5.41) is 6.28. The zero-order valence-electron chi connectivity index (χ0n) is 31.4. The minimum atomic E-state index is -0.971. The van der Waals surface area contributed by atoms with Gasteiger partial charge in [-0.2, -0.15) is 0 Å². The third-order valence-corrected chi connectivity index (χ3v) is 13.3. The van der Waals surface area contributed by atoms with Crippen molar-refractivity contribution in [2.45, 2.75) is 76.0 Å². The second-order valence-corrected chi connectivity index (χ2v) is 16.8. The van der Waals surface area contributed by atoms with Crippen molar-refractivity contribution in [3.8, 4) is 0 Å². The summed E-state index contributed by atoms with van der Waals surface area (Å²) >= 11 is 6.38. The summed E-state index contributed by atoms with van der Waals surface area (Å²) in [5.41, 5.74) is 3.20. The van der Waals surface area contributed by atoms with Crippen molar-refractivity contribution in [1.29, 1.82) is 0 Å². The van der Waals surface area contributed by atoms with Crippen LogP contribution in [0.1, 0.15) is 72.6 Å². The Balaban J connectivity index is 0.726. The monoisotopic (exact) mass is 776 g/mol. The van der Waals surface area contributed by atoms with Gasteiger partial charge in [-0.05, 0) is 81.2 Å². The van der Waals surface area contributed by atoms with Crippen LogP contribution in [0.4, 0.5) is 28.7 Å². The average Bonchev–Trinajstić information content (AvgIpc) is 3.64. The van der Waals surface area contributed by atoms with Crippen LogP contribution in [0.3, 0.4) is 0 Å². The Kier molecular flexibility index (Phi) is 9.32. The Hall–Kier alpha value is -5.26. The van der Waals surface area contributed by atoms with E-state index < -0.39 is 29.7 Å². The van der Waals surface area contributed by atoms with Crippen molar-refractivity contribution in [3.63, 3.8) is 0 Å². The molecule has 3 aromatic rings. The van der Waals surface area contributed by atoms with Gasteiger partial charge in [-0.25, -0.2) is 14.8 Å². The van der Waals surface area contributed by atoms with Crippen LogP contribution < -0.4 is 25.3 Å². The SMILES string of the molecule is [C-]#[N+]c1ccc(N2CC3(CCN(c4cnc(N5CCC(N6CC(Nc7ccc8c(c7)C(=O)N(C7CCC(=O)NC7=O)C8=O)C6)CC5)cn4)CC3)C[C@@H]2C)cc1Cl. The van der Waals surface area contributed by atoms with E-state index in [4.69, 9.17) is 28.1 Å². The van der Waals surface area contributed by atoms with Crippen LogP contribution in [0, 0.1) is 12.0 Å². The Labute approximate surface area is 331 Å². The highest BCUT2D eigenvalue weighted by Gasteiger charge is 2.46. The molecule has 6 aliphatic rings. The highest BCUT2D eigenvalue weighted by Crippen LogP contribution is 2.46. The third-order valence-electron chi connectivity index (χ3n) is 12.9. The van der Waals surface area contributed by atoms with E-state index in [2.05, 4.69) is 42.0 Å². The normalized spacial score (nSPS) is 24.4. The number of hydrogen-bond acceptors (Lipinski definition) is 11. The number of carbonyl (C=O) groups excluding carboxylic acids is 4. The lowest BCUT2D eigenvalue weighted by Gasteiger charge is -2.47. The number of aromatic nitrogens is 2. The summed E-state index contributed by atoms with van der Waals surface area (Å²) in [6.07, 6.45) is 9.53. The van der Waals surface area contributed by atoms with Crippen molar-refractivity contribution in [2.75, 3.05) is 65.8 Å². The molecule has 0 bridgehead atoms. The third kappa shape index (κ3) is 6.60. The molecule has 2 aromatic carbocycles. The minimum absolute atomic E-state index is 0.0939. The zero-order valence-corrected chi connectivity index (χ0v) is 32.2.